The highest BCUT2D eigenvalue weighted by atomic mass is 127. The maximum atomic E-state index is 13.1. The van der Waals surface area contributed by atoms with Gasteiger partial charge in [-0.05, 0) is 57.8 Å². The maximum absolute atomic E-state index is 13.1. The lowest BCUT2D eigenvalue weighted by Crippen LogP contribution is -2.49. The molecule has 142 valence electrons. The summed E-state index contributed by atoms with van der Waals surface area (Å²) in [5.41, 5.74) is 1.24. The SMILES string of the molecule is COC(=O)C1(Cc2cc(OC)c(OC)cc2I)C(=O)CCc2ccccc21. The minimum atomic E-state index is -1.34. The van der Waals surface area contributed by atoms with Gasteiger partial charge in [0.25, 0.3) is 0 Å². The number of benzene rings is 2. The number of aryl methyl sites for hydroxylation is 1. The van der Waals surface area contributed by atoms with Crippen LogP contribution in [0.25, 0.3) is 0 Å². The van der Waals surface area contributed by atoms with Crippen LogP contribution in [0.4, 0.5) is 0 Å². The molecule has 2 aromatic carbocycles. The molecule has 0 aromatic heterocycles. The van der Waals surface area contributed by atoms with E-state index in [2.05, 4.69) is 22.6 Å². The second-order valence-electron chi connectivity index (χ2n) is 6.45. The number of ether oxygens (including phenoxy) is 3. The number of rotatable bonds is 5. The molecule has 0 amide bonds. The first kappa shape index (κ1) is 19.7. The molecule has 0 N–H and O–H groups in total. The van der Waals surface area contributed by atoms with E-state index < -0.39 is 11.4 Å². The minimum Gasteiger partial charge on any atom is -0.493 e. The van der Waals surface area contributed by atoms with E-state index >= 15 is 0 Å². The van der Waals surface area contributed by atoms with Gasteiger partial charge < -0.3 is 14.2 Å². The smallest absolute Gasteiger partial charge is 0.324 e. The monoisotopic (exact) mass is 480 g/mol. The molecule has 1 aliphatic carbocycles. The van der Waals surface area contributed by atoms with Crippen LogP contribution in [-0.2, 0) is 32.6 Å². The Balaban J connectivity index is 2.19. The molecular weight excluding hydrogens is 459 g/mol. The van der Waals surface area contributed by atoms with Crippen molar-refractivity contribution in [2.24, 2.45) is 0 Å². The number of Topliss-reactive ketones (excluding diaryl/α,β-unsaturated/α-hetero) is 1. The lowest BCUT2D eigenvalue weighted by molar-refractivity contribution is -0.152. The lowest BCUT2D eigenvalue weighted by Gasteiger charge is -2.35. The van der Waals surface area contributed by atoms with Crippen molar-refractivity contribution < 1.29 is 23.8 Å². The Morgan fingerprint density at radius 1 is 1.07 bits per heavy atom. The summed E-state index contributed by atoms with van der Waals surface area (Å²) in [6.07, 6.45) is 1.17. The number of carbonyl (C=O) groups excluding carboxylic acids is 2. The van der Waals surface area contributed by atoms with Gasteiger partial charge in [0.15, 0.2) is 22.7 Å². The van der Waals surface area contributed by atoms with Crippen LogP contribution in [0.3, 0.4) is 0 Å². The molecule has 5 nitrogen and oxygen atoms in total. The molecular formula is C21H21IO5. The molecule has 0 spiro atoms. The van der Waals surface area contributed by atoms with Crippen molar-refractivity contribution in [1.29, 1.82) is 0 Å². The standard InChI is InChI=1S/C21H21IO5/c1-25-17-10-14(16(22)11-18(17)26-2)12-21(20(24)27-3)15-7-5-4-6-13(15)8-9-19(21)23/h4-7,10-11H,8-9,12H2,1-3H3. The molecule has 0 aliphatic heterocycles. The van der Waals surface area contributed by atoms with E-state index in [1.165, 1.54) is 7.11 Å². The third-order valence-electron chi connectivity index (χ3n) is 5.12. The first-order valence-corrected chi connectivity index (χ1v) is 9.66. The Kier molecular flexibility index (Phi) is 5.74. The summed E-state index contributed by atoms with van der Waals surface area (Å²) in [7, 11) is 4.46. The summed E-state index contributed by atoms with van der Waals surface area (Å²) < 4.78 is 16.8. The van der Waals surface area contributed by atoms with Crippen molar-refractivity contribution in [2.45, 2.75) is 24.7 Å². The van der Waals surface area contributed by atoms with Crippen molar-refractivity contribution in [3.63, 3.8) is 0 Å². The van der Waals surface area contributed by atoms with Crippen molar-refractivity contribution >= 4 is 34.3 Å². The van der Waals surface area contributed by atoms with Crippen LogP contribution >= 0.6 is 22.6 Å². The molecule has 0 saturated carbocycles. The zero-order valence-corrected chi connectivity index (χ0v) is 17.7. The Morgan fingerprint density at radius 3 is 2.41 bits per heavy atom. The van der Waals surface area contributed by atoms with Crippen molar-refractivity contribution in [2.75, 3.05) is 21.3 Å². The Hall–Kier alpha value is -2.09. The van der Waals surface area contributed by atoms with Gasteiger partial charge in [-0.3, -0.25) is 9.59 Å². The molecule has 6 heteroatoms. The molecule has 0 heterocycles. The van der Waals surface area contributed by atoms with Gasteiger partial charge in [0.2, 0.25) is 0 Å². The highest BCUT2D eigenvalue weighted by molar-refractivity contribution is 14.1. The zero-order chi connectivity index (χ0) is 19.6. The number of carbonyl (C=O) groups is 2. The van der Waals surface area contributed by atoms with E-state index in [9.17, 15) is 9.59 Å². The Labute approximate surface area is 172 Å². The Morgan fingerprint density at radius 2 is 1.74 bits per heavy atom. The first-order chi connectivity index (χ1) is 13.0. The molecule has 0 radical (unpaired) electrons. The van der Waals surface area contributed by atoms with Crippen LogP contribution in [0.5, 0.6) is 11.5 Å². The van der Waals surface area contributed by atoms with E-state index in [4.69, 9.17) is 14.2 Å². The number of hydrogen-bond acceptors (Lipinski definition) is 5. The topological polar surface area (TPSA) is 61.8 Å². The van der Waals surface area contributed by atoms with Crippen molar-refractivity contribution in [3.05, 3.63) is 56.7 Å². The zero-order valence-electron chi connectivity index (χ0n) is 15.5. The fraction of sp³-hybridized carbons (Fsp3) is 0.333. The molecule has 2 aromatic rings. The first-order valence-electron chi connectivity index (χ1n) is 8.58. The molecule has 0 bridgehead atoms. The van der Waals surface area contributed by atoms with Gasteiger partial charge >= 0.3 is 5.97 Å². The summed E-state index contributed by atoms with van der Waals surface area (Å²) in [5, 5.41) is 0. The lowest BCUT2D eigenvalue weighted by atomic mass is 9.66. The molecule has 1 aliphatic rings. The summed E-state index contributed by atoms with van der Waals surface area (Å²) in [4.78, 5) is 26.1. The van der Waals surface area contributed by atoms with E-state index in [0.29, 0.717) is 24.3 Å². The highest BCUT2D eigenvalue weighted by Gasteiger charge is 2.51. The fourth-order valence-electron chi connectivity index (χ4n) is 3.75. The average molecular weight is 480 g/mol. The maximum Gasteiger partial charge on any atom is 0.324 e. The molecule has 1 atom stereocenters. The predicted molar refractivity (Wildman–Crippen MR) is 109 cm³/mol. The summed E-state index contributed by atoms with van der Waals surface area (Å²) >= 11 is 2.19. The van der Waals surface area contributed by atoms with E-state index in [1.807, 2.05) is 36.4 Å². The summed E-state index contributed by atoms with van der Waals surface area (Å²) in [6.45, 7) is 0. The quantitative estimate of drug-likeness (QED) is 0.373. The van der Waals surface area contributed by atoms with Gasteiger partial charge in [0.05, 0.1) is 21.3 Å². The summed E-state index contributed by atoms with van der Waals surface area (Å²) in [5.74, 6) is 0.529. The van der Waals surface area contributed by atoms with E-state index in [-0.39, 0.29) is 12.2 Å². The van der Waals surface area contributed by atoms with Gasteiger partial charge in [0, 0.05) is 16.4 Å². The highest BCUT2D eigenvalue weighted by Crippen LogP contribution is 2.41. The van der Waals surface area contributed by atoms with Gasteiger partial charge in [0.1, 0.15) is 0 Å². The van der Waals surface area contributed by atoms with Gasteiger partial charge in [-0.2, -0.15) is 0 Å². The van der Waals surface area contributed by atoms with Crippen LogP contribution in [0.15, 0.2) is 36.4 Å². The predicted octanol–water partition coefficient (Wildman–Crippen LogP) is 3.48. The van der Waals surface area contributed by atoms with Crippen LogP contribution in [0.1, 0.15) is 23.1 Å². The number of halogens is 1. The number of fused-ring (bicyclic) bond motifs is 1. The van der Waals surface area contributed by atoms with Crippen LogP contribution in [-0.4, -0.2) is 33.1 Å². The average Bonchev–Trinajstić information content (AvgIpc) is 2.70. The fourth-order valence-corrected chi connectivity index (χ4v) is 4.38. The van der Waals surface area contributed by atoms with Gasteiger partial charge in [-0.15, -0.1) is 0 Å². The number of ketones is 1. The molecule has 27 heavy (non-hydrogen) atoms. The second-order valence-corrected chi connectivity index (χ2v) is 7.61. The van der Waals surface area contributed by atoms with E-state index in [1.54, 1.807) is 14.2 Å². The minimum absolute atomic E-state index is 0.112. The van der Waals surface area contributed by atoms with E-state index in [0.717, 1.165) is 20.3 Å². The molecule has 1 unspecified atom stereocenters. The Bertz CT molecular complexity index is 892. The molecule has 3 rings (SSSR count). The number of esters is 1. The van der Waals surface area contributed by atoms with Crippen LogP contribution < -0.4 is 9.47 Å². The van der Waals surface area contributed by atoms with Crippen molar-refractivity contribution in [1.82, 2.24) is 0 Å². The van der Waals surface area contributed by atoms with Crippen LogP contribution in [0, 0.1) is 3.57 Å². The van der Waals surface area contributed by atoms with Gasteiger partial charge in [-0.25, -0.2) is 0 Å². The summed E-state index contributed by atoms with van der Waals surface area (Å²) in [6, 6.07) is 11.3. The van der Waals surface area contributed by atoms with Crippen molar-refractivity contribution in [3.8, 4) is 11.5 Å². The molecule has 0 fully saturated rings. The molecule has 0 saturated heterocycles. The largest absolute Gasteiger partial charge is 0.493 e. The normalized spacial score (nSPS) is 18.6. The second kappa shape index (κ2) is 7.88. The number of methoxy groups -OCH3 is 3. The van der Waals surface area contributed by atoms with Gasteiger partial charge in [-0.1, -0.05) is 24.3 Å². The third-order valence-corrected chi connectivity index (χ3v) is 6.12. The third kappa shape index (κ3) is 3.31. The number of hydrogen-bond donors (Lipinski definition) is 0. The van der Waals surface area contributed by atoms with Crippen LogP contribution in [0.2, 0.25) is 0 Å².